The highest BCUT2D eigenvalue weighted by molar-refractivity contribution is 5.63. The molecule has 2 nitrogen and oxygen atoms in total. The fourth-order valence-electron chi connectivity index (χ4n) is 1.94. The van der Waals surface area contributed by atoms with Crippen LogP contribution in [0.15, 0.2) is 18.2 Å². The first-order valence-corrected chi connectivity index (χ1v) is 5.13. The summed E-state index contributed by atoms with van der Waals surface area (Å²) in [5.41, 5.74) is -0.634. The first-order valence-electron chi connectivity index (χ1n) is 5.13. The van der Waals surface area contributed by atoms with Crippen LogP contribution in [0.1, 0.15) is 18.4 Å². The predicted octanol–water partition coefficient (Wildman–Crippen LogP) is 3.04. The van der Waals surface area contributed by atoms with Crippen LogP contribution in [0, 0.1) is 0 Å². The fourth-order valence-corrected chi connectivity index (χ4v) is 1.94. The summed E-state index contributed by atoms with van der Waals surface area (Å²) in [6, 6.07) is 4.06. The molecule has 1 aromatic rings. The first-order chi connectivity index (χ1) is 7.50. The van der Waals surface area contributed by atoms with Gasteiger partial charge in [-0.2, -0.15) is 13.2 Å². The van der Waals surface area contributed by atoms with E-state index in [1.807, 2.05) is 0 Å². The van der Waals surface area contributed by atoms with Crippen molar-refractivity contribution in [2.75, 3.05) is 11.9 Å². The van der Waals surface area contributed by atoms with E-state index < -0.39 is 11.7 Å². The Bertz CT molecular complexity index is 437. The summed E-state index contributed by atoms with van der Waals surface area (Å²) in [5, 5.41) is 3.00. The quantitative estimate of drug-likeness (QED) is 0.738. The summed E-state index contributed by atoms with van der Waals surface area (Å²) in [6.45, 7) is 0.599. The Balaban J connectivity index is 2.08. The molecule has 0 atom stereocenters. The fraction of sp³-hybridized carbons (Fsp3) is 0.455. The zero-order valence-electron chi connectivity index (χ0n) is 8.40. The molecule has 0 bridgehead atoms. The maximum absolute atomic E-state index is 12.7. The molecular weight excluding hydrogens is 219 g/mol. The lowest BCUT2D eigenvalue weighted by Crippen LogP contribution is -2.33. The van der Waals surface area contributed by atoms with Crippen molar-refractivity contribution in [2.24, 2.45) is 0 Å². The molecule has 1 saturated carbocycles. The zero-order chi connectivity index (χ0) is 11.4. The van der Waals surface area contributed by atoms with E-state index in [-0.39, 0.29) is 11.4 Å². The molecule has 16 heavy (non-hydrogen) atoms. The normalized spacial score (nSPS) is 20.9. The van der Waals surface area contributed by atoms with Gasteiger partial charge in [-0.05, 0) is 25.0 Å². The van der Waals surface area contributed by atoms with Crippen molar-refractivity contribution in [3.05, 3.63) is 23.8 Å². The van der Waals surface area contributed by atoms with Crippen molar-refractivity contribution in [1.82, 2.24) is 0 Å². The highest BCUT2D eigenvalue weighted by atomic mass is 19.4. The second-order valence-corrected chi connectivity index (χ2v) is 4.32. The van der Waals surface area contributed by atoms with Crippen LogP contribution >= 0.6 is 0 Å². The molecule has 0 amide bonds. The lowest BCUT2D eigenvalue weighted by atomic mass is 10.1. The van der Waals surface area contributed by atoms with Crippen molar-refractivity contribution in [3.63, 3.8) is 0 Å². The standard InChI is InChI=1S/C11H10F3NO/c12-11(13,14)7-2-1-3-8-9(7)16-10(4-5-10)6-15-8/h1-3,15H,4-6H2. The molecule has 0 unspecified atom stereocenters. The number of para-hydroxylation sites is 1. The third-order valence-electron chi connectivity index (χ3n) is 3.05. The van der Waals surface area contributed by atoms with E-state index in [2.05, 4.69) is 5.32 Å². The van der Waals surface area contributed by atoms with Gasteiger partial charge in [0.25, 0.3) is 0 Å². The van der Waals surface area contributed by atoms with Crippen molar-refractivity contribution in [2.45, 2.75) is 24.6 Å². The smallest absolute Gasteiger partial charge is 0.420 e. The van der Waals surface area contributed by atoms with E-state index in [9.17, 15) is 13.2 Å². The topological polar surface area (TPSA) is 21.3 Å². The molecule has 0 aromatic heterocycles. The largest absolute Gasteiger partial charge is 0.483 e. The number of alkyl halides is 3. The molecule has 1 aliphatic carbocycles. The number of rotatable bonds is 0. The van der Waals surface area contributed by atoms with Crippen molar-refractivity contribution < 1.29 is 17.9 Å². The number of fused-ring (bicyclic) bond motifs is 1. The van der Waals surface area contributed by atoms with E-state index in [4.69, 9.17) is 4.74 Å². The Labute approximate surface area is 90.4 Å². The zero-order valence-corrected chi connectivity index (χ0v) is 8.40. The number of nitrogens with one attached hydrogen (secondary N) is 1. The van der Waals surface area contributed by atoms with Gasteiger partial charge in [-0.1, -0.05) is 6.07 Å². The summed E-state index contributed by atoms with van der Waals surface area (Å²) < 4.78 is 43.7. The number of hydrogen-bond acceptors (Lipinski definition) is 2. The van der Waals surface area contributed by atoms with Crippen LogP contribution < -0.4 is 10.1 Å². The minimum Gasteiger partial charge on any atom is -0.483 e. The number of ether oxygens (including phenoxy) is 1. The molecule has 5 heteroatoms. The van der Waals surface area contributed by atoms with Gasteiger partial charge >= 0.3 is 6.18 Å². The first kappa shape index (κ1) is 9.81. The van der Waals surface area contributed by atoms with Crippen LogP contribution in [0.5, 0.6) is 5.75 Å². The van der Waals surface area contributed by atoms with Crippen LogP contribution in [0.25, 0.3) is 0 Å². The van der Waals surface area contributed by atoms with E-state index >= 15 is 0 Å². The molecule has 1 fully saturated rings. The molecule has 86 valence electrons. The van der Waals surface area contributed by atoms with Gasteiger partial charge in [0, 0.05) is 0 Å². The van der Waals surface area contributed by atoms with Gasteiger partial charge in [0.2, 0.25) is 0 Å². The van der Waals surface area contributed by atoms with E-state index in [0.717, 1.165) is 18.9 Å². The van der Waals surface area contributed by atoms with Gasteiger partial charge in [-0.25, -0.2) is 0 Å². The summed E-state index contributed by atoms with van der Waals surface area (Å²) in [6.07, 6.45) is -2.71. The number of anilines is 1. The van der Waals surface area contributed by atoms with Crippen molar-refractivity contribution >= 4 is 5.69 Å². The summed E-state index contributed by atoms with van der Waals surface area (Å²) in [7, 11) is 0. The Morgan fingerprint density at radius 3 is 2.62 bits per heavy atom. The minimum absolute atomic E-state index is 0.0428. The molecule has 1 heterocycles. The van der Waals surface area contributed by atoms with E-state index in [1.54, 1.807) is 6.07 Å². The molecule has 1 aromatic carbocycles. The molecular formula is C11H10F3NO. The van der Waals surface area contributed by atoms with Crippen LogP contribution in [0.2, 0.25) is 0 Å². The molecule has 3 rings (SSSR count). The van der Waals surface area contributed by atoms with Crippen LogP contribution in [0.3, 0.4) is 0 Å². The minimum atomic E-state index is -4.36. The Morgan fingerprint density at radius 1 is 1.25 bits per heavy atom. The van der Waals surface area contributed by atoms with Gasteiger partial charge in [0.05, 0.1) is 17.8 Å². The highest BCUT2D eigenvalue weighted by Gasteiger charge is 2.50. The highest BCUT2D eigenvalue weighted by Crippen LogP contribution is 2.50. The number of halogens is 3. The average molecular weight is 229 g/mol. The molecule has 1 spiro atoms. The lowest BCUT2D eigenvalue weighted by molar-refractivity contribution is -0.139. The molecule has 1 aliphatic heterocycles. The van der Waals surface area contributed by atoms with Gasteiger partial charge in [0.15, 0.2) is 5.75 Å². The number of benzene rings is 1. The van der Waals surface area contributed by atoms with Crippen molar-refractivity contribution in [1.29, 1.82) is 0 Å². The van der Waals surface area contributed by atoms with E-state index in [0.29, 0.717) is 12.2 Å². The van der Waals surface area contributed by atoms with Crippen molar-refractivity contribution in [3.8, 4) is 5.75 Å². The number of hydrogen-bond donors (Lipinski definition) is 1. The molecule has 0 saturated heterocycles. The predicted molar refractivity (Wildman–Crippen MR) is 52.5 cm³/mol. The van der Waals surface area contributed by atoms with Gasteiger partial charge in [0.1, 0.15) is 5.60 Å². The molecule has 0 radical (unpaired) electrons. The second-order valence-electron chi connectivity index (χ2n) is 4.32. The molecule has 2 aliphatic rings. The van der Waals surface area contributed by atoms with Crippen LogP contribution in [-0.2, 0) is 6.18 Å². The van der Waals surface area contributed by atoms with E-state index in [1.165, 1.54) is 6.07 Å². The summed E-state index contributed by atoms with van der Waals surface area (Å²) in [5.74, 6) is -0.0428. The monoisotopic (exact) mass is 229 g/mol. The van der Waals surface area contributed by atoms with Crippen LogP contribution in [0.4, 0.5) is 18.9 Å². The Hall–Kier alpha value is -1.39. The SMILES string of the molecule is FC(F)(F)c1cccc2c1OC1(CC1)CN2. The Morgan fingerprint density at radius 2 is 2.00 bits per heavy atom. The lowest BCUT2D eigenvalue weighted by Gasteiger charge is -2.29. The molecule has 1 N–H and O–H groups in total. The third kappa shape index (κ3) is 1.42. The average Bonchev–Trinajstić information content (AvgIpc) is 2.95. The van der Waals surface area contributed by atoms with Crippen LogP contribution in [-0.4, -0.2) is 12.1 Å². The summed E-state index contributed by atoms with van der Waals surface area (Å²) in [4.78, 5) is 0. The van der Waals surface area contributed by atoms with Gasteiger partial charge in [-0.15, -0.1) is 0 Å². The van der Waals surface area contributed by atoms with Gasteiger partial charge < -0.3 is 10.1 Å². The Kier molecular flexibility index (Phi) is 1.74. The van der Waals surface area contributed by atoms with Gasteiger partial charge in [-0.3, -0.25) is 0 Å². The maximum atomic E-state index is 12.7. The maximum Gasteiger partial charge on any atom is 0.420 e. The second kappa shape index (κ2) is 2.84. The summed E-state index contributed by atoms with van der Waals surface area (Å²) >= 11 is 0. The third-order valence-corrected chi connectivity index (χ3v) is 3.05.